The number of anilines is 1. The normalized spacial score (nSPS) is 17.4. The molecule has 0 spiro atoms. The zero-order valence-electron chi connectivity index (χ0n) is 25.8. The minimum atomic E-state index is -5.03. The van der Waals surface area contributed by atoms with Crippen molar-refractivity contribution in [3.05, 3.63) is 82.4 Å². The van der Waals surface area contributed by atoms with Gasteiger partial charge in [-0.05, 0) is 67.7 Å². The van der Waals surface area contributed by atoms with Crippen molar-refractivity contribution < 1.29 is 35.2 Å². The lowest BCUT2D eigenvalue weighted by molar-refractivity contribution is -0.137. The van der Waals surface area contributed by atoms with Gasteiger partial charge in [0.15, 0.2) is 20.5 Å². The monoisotopic (exact) mass is 688 g/mol. The number of nitrogens with zero attached hydrogens (tertiary/aromatic N) is 6. The summed E-state index contributed by atoms with van der Waals surface area (Å²) in [5, 5.41) is -0.622. The Morgan fingerprint density at radius 3 is 2.42 bits per heavy atom. The average molecular weight is 689 g/mol. The van der Waals surface area contributed by atoms with E-state index in [1.807, 2.05) is 0 Å². The van der Waals surface area contributed by atoms with Gasteiger partial charge in [-0.1, -0.05) is 13.0 Å². The lowest BCUT2D eigenvalue weighted by Gasteiger charge is -2.40. The number of halogens is 5. The number of carbonyl (C=O) groups excluding carboxylic acids is 1. The molecule has 1 aliphatic carbocycles. The van der Waals surface area contributed by atoms with Crippen LogP contribution in [0.2, 0.25) is 0 Å². The van der Waals surface area contributed by atoms with E-state index in [2.05, 4.69) is 21.5 Å². The fraction of sp³-hybridized carbons (Fsp3) is 0.344. The van der Waals surface area contributed by atoms with E-state index in [0.29, 0.717) is 36.6 Å². The molecule has 1 atom stereocenters. The van der Waals surface area contributed by atoms with Crippen LogP contribution in [0.1, 0.15) is 43.2 Å². The van der Waals surface area contributed by atoms with Crippen molar-refractivity contribution in [1.82, 2.24) is 24.4 Å². The lowest BCUT2D eigenvalue weighted by Crippen LogP contribution is -2.54. The first-order valence-electron chi connectivity index (χ1n) is 15.0. The van der Waals surface area contributed by atoms with Crippen LogP contribution in [0.25, 0.3) is 28.0 Å². The first-order chi connectivity index (χ1) is 22.6. The van der Waals surface area contributed by atoms with Crippen LogP contribution < -0.4 is 10.6 Å². The van der Waals surface area contributed by atoms with Crippen molar-refractivity contribution >= 4 is 32.6 Å². The molecule has 0 N–H and O–H groups in total. The van der Waals surface area contributed by atoms with Gasteiger partial charge in [0, 0.05) is 43.7 Å². The second kappa shape index (κ2) is 12.1. The van der Waals surface area contributed by atoms with Gasteiger partial charge in [0.25, 0.3) is 0 Å². The smallest absolute Gasteiger partial charge is 0.350 e. The van der Waals surface area contributed by atoms with Gasteiger partial charge in [0.2, 0.25) is 5.91 Å². The number of benzene rings is 1. The molecule has 48 heavy (non-hydrogen) atoms. The third-order valence-corrected chi connectivity index (χ3v) is 9.77. The summed E-state index contributed by atoms with van der Waals surface area (Å²) in [6.07, 6.45) is 0.466. The van der Waals surface area contributed by atoms with E-state index in [0.717, 1.165) is 29.4 Å². The third kappa shape index (κ3) is 5.82. The first-order valence-corrected chi connectivity index (χ1v) is 16.9. The molecule has 1 saturated carbocycles. The molecule has 2 fully saturated rings. The van der Waals surface area contributed by atoms with Crippen molar-refractivity contribution in [3.63, 3.8) is 0 Å². The van der Waals surface area contributed by atoms with Gasteiger partial charge in [-0.3, -0.25) is 4.79 Å². The maximum absolute atomic E-state index is 16.1. The summed E-state index contributed by atoms with van der Waals surface area (Å²) >= 11 is 0. The highest BCUT2D eigenvalue weighted by molar-refractivity contribution is 7.90. The maximum Gasteiger partial charge on any atom is 0.417 e. The van der Waals surface area contributed by atoms with Crippen LogP contribution >= 0.6 is 0 Å². The van der Waals surface area contributed by atoms with E-state index in [1.54, 1.807) is 17.9 Å². The Labute approximate surface area is 271 Å². The van der Waals surface area contributed by atoms with Gasteiger partial charge >= 0.3 is 11.9 Å². The molecule has 252 valence electrons. The molecule has 0 bridgehead atoms. The zero-order valence-corrected chi connectivity index (χ0v) is 26.6. The summed E-state index contributed by atoms with van der Waals surface area (Å²) in [4.78, 5) is 42.2. The van der Waals surface area contributed by atoms with Crippen LogP contribution in [0.15, 0.2) is 59.0 Å². The number of piperazine rings is 1. The highest BCUT2D eigenvalue weighted by Gasteiger charge is 2.37. The topological polar surface area (TPSA) is 118 Å². The molecule has 4 aromatic rings. The molecule has 1 saturated heterocycles. The quantitative estimate of drug-likeness (QED) is 0.205. The second-order valence-corrected chi connectivity index (χ2v) is 13.8. The van der Waals surface area contributed by atoms with E-state index in [1.165, 1.54) is 11.1 Å². The van der Waals surface area contributed by atoms with E-state index < -0.39 is 66.9 Å². The number of aromatic nitrogens is 4. The first kappa shape index (κ1) is 33.2. The summed E-state index contributed by atoms with van der Waals surface area (Å²) in [5.41, 5.74) is -4.42. The molecule has 1 aliphatic heterocycles. The number of rotatable bonds is 6. The predicted molar refractivity (Wildman–Crippen MR) is 167 cm³/mol. The van der Waals surface area contributed by atoms with Crippen LogP contribution in [0.3, 0.4) is 0 Å². The molecule has 2 aliphatic rings. The fourth-order valence-electron chi connectivity index (χ4n) is 6.27. The van der Waals surface area contributed by atoms with Crippen LogP contribution in [0.4, 0.5) is 27.8 Å². The maximum atomic E-state index is 16.1. The van der Waals surface area contributed by atoms with Gasteiger partial charge in [-0.2, -0.15) is 18.2 Å². The van der Waals surface area contributed by atoms with Crippen molar-refractivity contribution in [2.24, 2.45) is 0 Å². The molecule has 3 aromatic heterocycles. The van der Waals surface area contributed by atoms with Gasteiger partial charge in [-0.15, -0.1) is 0 Å². The molecule has 4 heterocycles. The molecule has 16 heteroatoms. The third-order valence-electron chi connectivity index (χ3n) is 8.77. The summed E-state index contributed by atoms with van der Waals surface area (Å²) < 4.78 is 99.8. The highest BCUT2D eigenvalue weighted by atomic mass is 32.2. The SMILES string of the molecule is C=CC(=O)N1CCN(c2nc(=O)n(-c3c(C4CCC4)ccnc3S(C)(=O)=O)c3nc(-c4cc(F)ccc4C(F)(F)F)c(F)cc23)[C@@H](C)C1. The van der Waals surface area contributed by atoms with Crippen molar-refractivity contribution in [2.75, 3.05) is 30.8 Å². The van der Waals surface area contributed by atoms with Crippen molar-refractivity contribution in [3.8, 4) is 16.9 Å². The Morgan fingerprint density at radius 2 is 1.81 bits per heavy atom. The van der Waals surface area contributed by atoms with Gasteiger partial charge in [-0.25, -0.2) is 36.5 Å². The number of pyridine rings is 2. The summed E-state index contributed by atoms with van der Waals surface area (Å²) in [5.74, 6) is -2.94. The number of alkyl halides is 3. The lowest BCUT2D eigenvalue weighted by atomic mass is 9.79. The number of hydrogen-bond donors (Lipinski definition) is 0. The Bertz CT molecular complexity index is 2150. The minimum Gasteiger partial charge on any atom is -0.350 e. The van der Waals surface area contributed by atoms with Gasteiger partial charge in [0.1, 0.15) is 23.1 Å². The Kier molecular flexibility index (Phi) is 8.34. The largest absolute Gasteiger partial charge is 0.417 e. The van der Waals surface area contributed by atoms with E-state index in [-0.39, 0.29) is 48.4 Å². The summed E-state index contributed by atoms with van der Waals surface area (Å²) in [6, 6.07) is 3.47. The second-order valence-electron chi connectivity index (χ2n) is 11.9. The van der Waals surface area contributed by atoms with E-state index in [9.17, 15) is 35.6 Å². The summed E-state index contributed by atoms with van der Waals surface area (Å²) in [6.45, 7) is 5.72. The number of sulfone groups is 1. The Morgan fingerprint density at radius 1 is 1.08 bits per heavy atom. The predicted octanol–water partition coefficient (Wildman–Crippen LogP) is 5.03. The molecule has 10 nitrogen and oxygen atoms in total. The van der Waals surface area contributed by atoms with Crippen LogP contribution in [-0.2, 0) is 20.8 Å². The van der Waals surface area contributed by atoms with Crippen LogP contribution in [-0.4, -0.2) is 70.7 Å². The number of hydrogen-bond acceptors (Lipinski definition) is 8. The van der Waals surface area contributed by atoms with E-state index >= 15 is 4.39 Å². The standard InChI is InChI=1S/C32H29F5N6O4S/c1-4-25(44)41-12-13-42(17(2)16-41)28-22-15-24(34)26(21-14-19(33)8-9-23(21)32(35,36)37)39-29(22)43(31(45)40-28)27-20(18-6-5-7-18)10-11-38-30(27)48(3,46)47/h4,8-11,14-15,17-18H,1,5-7,12-13,16H2,2-3H3/t17-/m0/s1. The molecule has 1 amide bonds. The van der Waals surface area contributed by atoms with Gasteiger partial charge in [0.05, 0.1) is 16.6 Å². The molecule has 1 aromatic carbocycles. The molecular weight excluding hydrogens is 659 g/mol. The molecular formula is C32H29F5N6O4S. The van der Waals surface area contributed by atoms with Crippen molar-refractivity contribution in [2.45, 2.75) is 49.3 Å². The Hall–Kier alpha value is -4.73. The minimum absolute atomic E-state index is 0.0762. The van der Waals surface area contributed by atoms with Crippen LogP contribution in [0.5, 0.6) is 0 Å². The summed E-state index contributed by atoms with van der Waals surface area (Å²) in [7, 11) is -4.12. The molecule has 0 unspecified atom stereocenters. The average Bonchev–Trinajstić information content (AvgIpc) is 2.98. The Balaban J connectivity index is 1.70. The number of carbonyl (C=O) groups is 1. The molecule has 6 rings (SSSR count). The number of amides is 1. The number of fused-ring (bicyclic) bond motifs is 1. The molecule has 0 radical (unpaired) electrons. The zero-order chi connectivity index (χ0) is 34.7. The highest BCUT2D eigenvalue weighted by Crippen LogP contribution is 2.42. The van der Waals surface area contributed by atoms with E-state index in [4.69, 9.17) is 0 Å². The van der Waals surface area contributed by atoms with Crippen LogP contribution in [0, 0.1) is 11.6 Å². The van der Waals surface area contributed by atoms with Gasteiger partial charge < -0.3 is 9.80 Å². The van der Waals surface area contributed by atoms with Crippen molar-refractivity contribution in [1.29, 1.82) is 0 Å². The fourth-order valence-corrected chi connectivity index (χ4v) is 7.08.